The van der Waals surface area contributed by atoms with Crippen molar-refractivity contribution in [3.8, 4) is 0 Å². The van der Waals surface area contributed by atoms with Crippen LogP contribution < -0.4 is 0 Å². The quantitative estimate of drug-likeness (QED) is 0.743. The van der Waals surface area contributed by atoms with E-state index in [0.717, 1.165) is 19.3 Å². The van der Waals surface area contributed by atoms with Gasteiger partial charge in [0, 0.05) is 25.4 Å². The van der Waals surface area contributed by atoms with Crippen molar-refractivity contribution >= 4 is 11.9 Å². The highest BCUT2D eigenvalue weighted by Crippen LogP contribution is 2.39. The number of hydrogen-bond donors (Lipinski definition) is 1. The first-order valence-corrected chi connectivity index (χ1v) is 6.14. The standard InChI is InChI=1S/C12H19NO3/c1-2-11-10-7-9(14)4-3-8(10)5-6-13(11)12(15)16/h8,10-11H,2-7H2,1H3,(H,15,16). The van der Waals surface area contributed by atoms with Crippen LogP contribution in [0.3, 0.4) is 0 Å². The molecule has 4 heteroatoms. The molecular weight excluding hydrogens is 206 g/mol. The van der Waals surface area contributed by atoms with Gasteiger partial charge in [-0.25, -0.2) is 4.79 Å². The van der Waals surface area contributed by atoms with Crippen molar-refractivity contribution < 1.29 is 14.7 Å². The second kappa shape index (κ2) is 4.44. The first kappa shape index (κ1) is 11.4. The Balaban J connectivity index is 2.15. The van der Waals surface area contributed by atoms with E-state index in [1.54, 1.807) is 4.90 Å². The lowest BCUT2D eigenvalue weighted by molar-refractivity contribution is -0.125. The largest absolute Gasteiger partial charge is 0.465 e. The van der Waals surface area contributed by atoms with E-state index in [9.17, 15) is 9.59 Å². The Kier molecular flexibility index (Phi) is 3.17. The Hall–Kier alpha value is -1.06. The fourth-order valence-corrected chi connectivity index (χ4v) is 3.36. The van der Waals surface area contributed by atoms with E-state index in [-0.39, 0.29) is 12.0 Å². The fourth-order valence-electron chi connectivity index (χ4n) is 3.36. The van der Waals surface area contributed by atoms with E-state index in [4.69, 9.17) is 5.11 Å². The summed E-state index contributed by atoms with van der Waals surface area (Å²) in [5.74, 6) is 1.15. The number of likely N-dealkylation sites (tertiary alicyclic amines) is 1. The number of fused-ring (bicyclic) bond motifs is 1. The van der Waals surface area contributed by atoms with E-state index in [2.05, 4.69) is 0 Å². The predicted molar refractivity (Wildman–Crippen MR) is 59.3 cm³/mol. The van der Waals surface area contributed by atoms with Crippen molar-refractivity contribution in [1.82, 2.24) is 4.90 Å². The molecule has 0 aromatic heterocycles. The van der Waals surface area contributed by atoms with Gasteiger partial charge in [-0.05, 0) is 31.1 Å². The number of rotatable bonds is 1. The van der Waals surface area contributed by atoms with Crippen LogP contribution in [-0.4, -0.2) is 34.5 Å². The molecule has 1 N–H and O–H groups in total. The fraction of sp³-hybridized carbons (Fsp3) is 0.833. The van der Waals surface area contributed by atoms with E-state index in [1.807, 2.05) is 6.92 Å². The Labute approximate surface area is 95.6 Å². The highest BCUT2D eigenvalue weighted by molar-refractivity contribution is 5.79. The van der Waals surface area contributed by atoms with Crippen molar-refractivity contribution in [2.75, 3.05) is 6.54 Å². The van der Waals surface area contributed by atoms with E-state index in [0.29, 0.717) is 31.1 Å². The molecule has 2 fully saturated rings. The zero-order valence-electron chi connectivity index (χ0n) is 9.69. The minimum atomic E-state index is -0.830. The number of carboxylic acid groups (broad SMARTS) is 1. The number of hydrogen-bond acceptors (Lipinski definition) is 2. The summed E-state index contributed by atoms with van der Waals surface area (Å²) in [5, 5.41) is 9.14. The third-order valence-corrected chi connectivity index (χ3v) is 4.16. The van der Waals surface area contributed by atoms with Crippen molar-refractivity contribution in [3.05, 3.63) is 0 Å². The highest BCUT2D eigenvalue weighted by Gasteiger charge is 2.41. The van der Waals surface area contributed by atoms with Crippen LogP contribution in [0.15, 0.2) is 0 Å². The summed E-state index contributed by atoms with van der Waals surface area (Å²) in [4.78, 5) is 24.2. The number of carbonyl (C=O) groups excluding carboxylic acids is 1. The van der Waals surface area contributed by atoms with Crippen molar-refractivity contribution in [2.24, 2.45) is 11.8 Å². The van der Waals surface area contributed by atoms with Gasteiger partial charge >= 0.3 is 6.09 Å². The van der Waals surface area contributed by atoms with Gasteiger partial charge in [-0.1, -0.05) is 6.92 Å². The molecule has 1 aliphatic carbocycles. The minimum Gasteiger partial charge on any atom is -0.465 e. The third kappa shape index (κ3) is 1.93. The number of amides is 1. The van der Waals surface area contributed by atoms with Gasteiger partial charge in [-0.3, -0.25) is 4.79 Å². The molecule has 3 unspecified atom stereocenters. The maximum atomic E-state index is 11.5. The normalized spacial score (nSPS) is 34.7. The topological polar surface area (TPSA) is 57.6 Å². The molecule has 1 saturated carbocycles. The molecule has 0 aromatic rings. The SMILES string of the molecule is CCC1C2CC(=O)CCC2CCN1C(=O)O. The van der Waals surface area contributed by atoms with Gasteiger partial charge in [-0.2, -0.15) is 0 Å². The summed E-state index contributed by atoms with van der Waals surface area (Å²) in [6, 6.07) is 0.0560. The number of piperidine rings is 1. The van der Waals surface area contributed by atoms with Crippen LogP contribution >= 0.6 is 0 Å². The third-order valence-electron chi connectivity index (χ3n) is 4.16. The Morgan fingerprint density at radius 3 is 2.88 bits per heavy atom. The van der Waals surface area contributed by atoms with E-state index < -0.39 is 6.09 Å². The molecule has 1 saturated heterocycles. The van der Waals surface area contributed by atoms with Crippen LogP contribution in [-0.2, 0) is 4.79 Å². The molecule has 4 nitrogen and oxygen atoms in total. The number of carbonyl (C=O) groups is 2. The lowest BCUT2D eigenvalue weighted by Crippen LogP contribution is -2.52. The monoisotopic (exact) mass is 225 g/mol. The van der Waals surface area contributed by atoms with Crippen LogP contribution in [0.5, 0.6) is 0 Å². The molecule has 1 aliphatic heterocycles. The molecule has 0 spiro atoms. The van der Waals surface area contributed by atoms with Gasteiger partial charge in [0.25, 0.3) is 0 Å². The van der Waals surface area contributed by atoms with Crippen LogP contribution in [0.1, 0.15) is 39.0 Å². The zero-order valence-corrected chi connectivity index (χ0v) is 9.69. The number of nitrogens with zero attached hydrogens (tertiary/aromatic N) is 1. The summed E-state index contributed by atoms with van der Waals surface area (Å²) in [5.41, 5.74) is 0. The minimum absolute atomic E-state index is 0.0560. The maximum absolute atomic E-state index is 11.5. The summed E-state index contributed by atoms with van der Waals surface area (Å²) in [7, 11) is 0. The van der Waals surface area contributed by atoms with E-state index >= 15 is 0 Å². The molecule has 90 valence electrons. The van der Waals surface area contributed by atoms with Crippen LogP contribution in [0, 0.1) is 11.8 Å². The summed E-state index contributed by atoms with van der Waals surface area (Å²) >= 11 is 0. The van der Waals surface area contributed by atoms with Gasteiger partial charge in [0.1, 0.15) is 5.78 Å². The molecule has 3 atom stereocenters. The maximum Gasteiger partial charge on any atom is 0.407 e. The average Bonchev–Trinajstić information content (AvgIpc) is 2.27. The van der Waals surface area contributed by atoms with E-state index in [1.165, 1.54) is 0 Å². The molecule has 1 amide bonds. The first-order valence-electron chi connectivity index (χ1n) is 6.14. The van der Waals surface area contributed by atoms with Crippen molar-refractivity contribution in [3.63, 3.8) is 0 Å². The zero-order chi connectivity index (χ0) is 11.7. The second-order valence-corrected chi connectivity index (χ2v) is 4.95. The van der Waals surface area contributed by atoms with Gasteiger partial charge in [0.15, 0.2) is 0 Å². The molecule has 0 radical (unpaired) electrons. The molecular formula is C12H19NO3. The number of Topliss-reactive ketones (excluding diaryl/α,β-unsaturated/α-hetero) is 1. The van der Waals surface area contributed by atoms with Gasteiger partial charge in [0.05, 0.1) is 0 Å². The van der Waals surface area contributed by atoms with Gasteiger partial charge in [0.2, 0.25) is 0 Å². The molecule has 0 bridgehead atoms. The Morgan fingerprint density at radius 1 is 1.50 bits per heavy atom. The van der Waals surface area contributed by atoms with Crippen LogP contribution in [0.25, 0.3) is 0 Å². The average molecular weight is 225 g/mol. The summed E-state index contributed by atoms with van der Waals surface area (Å²) in [6.45, 7) is 2.66. The van der Waals surface area contributed by atoms with Crippen molar-refractivity contribution in [1.29, 1.82) is 0 Å². The van der Waals surface area contributed by atoms with Gasteiger partial charge in [-0.15, -0.1) is 0 Å². The lowest BCUT2D eigenvalue weighted by Gasteiger charge is -2.46. The second-order valence-electron chi connectivity index (χ2n) is 4.95. The highest BCUT2D eigenvalue weighted by atomic mass is 16.4. The first-order chi connectivity index (χ1) is 7.63. The predicted octanol–water partition coefficient (Wildman–Crippen LogP) is 2.13. The number of ketones is 1. The van der Waals surface area contributed by atoms with Crippen LogP contribution in [0.4, 0.5) is 4.79 Å². The smallest absolute Gasteiger partial charge is 0.407 e. The molecule has 1 heterocycles. The molecule has 2 rings (SSSR count). The molecule has 16 heavy (non-hydrogen) atoms. The van der Waals surface area contributed by atoms with Crippen molar-refractivity contribution in [2.45, 2.75) is 45.1 Å². The summed E-state index contributed by atoms with van der Waals surface area (Å²) < 4.78 is 0. The molecule has 0 aromatic carbocycles. The molecule has 2 aliphatic rings. The van der Waals surface area contributed by atoms with Gasteiger partial charge < -0.3 is 10.0 Å². The Morgan fingerprint density at radius 2 is 2.25 bits per heavy atom. The lowest BCUT2D eigenvalue weighted by atomic mass is 9.70. The Bertz CT molecular complexity index is 303. The summed E-state index contributed by atoms with van der Waals surface area (Å²) in [6.07, 6.45) is 3.18. The van der Waals surface area contributed by atoms with Crippen LogP contribution in [0.2, 0.25) is 0 Å².